The molecule has 2 aromatic heterocycles. The van der Waals surface area contributed by atoms with Gasteiger partial charge in [0.15, 0.2) is 5.60 Å². The number of carbonyl (C=O) groups is 2. The first-order valence-corrected chi connectivity index (χ1v) is 22.0. The topological polar surface area (TPSA) is 157 Å². The zero-order chi connectivity index (χ0) is 40.7. The predicted molar refractivity (Wildman–Crippen MR) is 217 cm³/mol. The molecule has 0 bridgehead atoms. The van der Waals surface area contributed by atoms with Gasteiger partial charge in [0, 0.05) is 29.4 Å². The number of aliphatic hydroxyl groups excluding tert-OH is 2. The van der Waals surface area contributed by atoms with Gasteiger partial charge in [-0.05, 0) is 141 Å². The maximum atomic E-state index is 13.5. The van der Waals surface area contributed by atoms with E-state index < -0.39 is 11.6 Å². The maximum Gasteiger partial charge on any atom is 0.343 e. The first-order valence-electron chi connectivity index (χ1n) is 22.0. The average Bonchev–Trinajstić information content (AvgIpc) is 3.75. The summed E-state index contributed by atoms with van der Waals surface area (Å²) in [5.74, 6) is 2.53. The fourth-order valence-corrected chi connectivity index (χ4v) is 13.3. The predicted octanol–water partition coefficient (Wildman–Crippen LogP) is 6.80. The van der Waals surface area contributed by atoms with Gasteiger partial charge in [0.2, 0.25) is 0 Å². The number of carbonyl (C=O) groups excluding carboxylic acids is 2. The summed E-state index contributed by atoms with van der Waals surface area (Å²) < 4.78 is 18.5. The monoisotopic (exact) mass is 796 g/mol. The standard InChI is InChI=1S/C47H60N2O9/c1-5-47(55)36-23-38-42-28(24-49(38)43(53)32(36)25-58-44(47)54)19-27-20-31(8-11-37(27)48-42)56-17-6-18-57-40(52)12-7-26(2)33-9-10-34-41-35(14-16-46(33,34)4)45(3)15-13-30(50)21-29(45)22-39(41)51/h8,11,19-20,23,26,29-30,33-35,39,41,50-51,55H,5-7,9-10,12-18,21-22,24-25H2,1-4H3/t26-,29?,30?,33?,34?,35?,39+,41?,45?,46?,47+/m1/s1. The third-order valence-corrected chi connectivity index (χ3v) is 16.5. The lowest BCUT2D eigenvalue weighted by Crippen LogP contribution is -2.58. The summed E-state index contributed by atoms with van der Waals surface area (Å²) in [7, 11) is 0. The largest absolute Gasteiger partial charge is 0.493 e. The number of fused-ring (bicyclic) bond motifs is 10. The molecule has 0 amide bonds. The summed E-state index contributed by atoms with van der Waals surface area (Å²) >= 11 is 0. The van der Waals surface area contributed by atoms with Crippen molar-refractivity contribution in [3.8, 4) is 17.1 Å². The number of ether oxygens (including phenoxy) is 3. The second-order valence-electron chi connectivity index (χ2n) is 19.3. The molecular formula is C47H60N2O9. The van der Waals surface area contributed by atoms with E-state index in [1.807, 2.05) is 24.3 Å². The van der Waals surface area contributed by atoms with Gasteiger partial charge in [0.05, 0.1) is 54.4 Å². The fourth-order valence-electron chi connectivity index (χ4n) is 13.3. The number of aromatic nitrogens is 2. The van der Waals surface area contributed by atoms with Gasteiger partial charge in [-0.3, -0.25) is 9.59 Å². The molecule has 9 rings (SSSR count). The van der Waals surface area contributed by atoms with Crippen molar-refractivity contribution in [1.29, 1.82) is 0 Å². The van der Waals surface area contributed by atoms with Crippen LogP contribution in [0.25, 0.3) is 22.3 Å². The summed E-state index contributed by atoms with van der Waals surface area (Å²) in [5, 5.41) is 34.0. The third kappa shape index (κ3) is 6.32. The Hall–Kier alpha value is -3.80. The van der Waals surface area contributed by atoms with Crippen LogP contribution in [-0.4, -0.2) is 62.2 Å². The van der Waals surface area contributed by atoms with Crippen LogP contribution in [0.4, 0.5) is 0 Å². The van der Waals surface area contributed by atoms with Crippen LogP contribution >= 0.6 is 0 Å². The highest BCUT2D eigenvalue weighted by atomic mass is 16.6. The first-order chi connectivity index (χ1) is 27.7. The molecular weight excluding hydrogens is 737 g/mol. The minimum atomic E-state index is -1.87. The van der Waals surface area contributed by atoms with E-state index in [2.05, 4.69) is 20.8 Å². The van der Waals surface area contributed by atoms with Crippen molar-refractivity contribution in [1.82, 2.24) is 9.55 Å². The second-order valence-corrected chi connectivity index (χ2v) is 19.3. The van der Waals surface area contributed by atoms with Gasteiger partial charge >= 0.3 is 11.9 Å². The van der Waals surface area contributed by atoms with Crippen LogP contribution in [0, 0.1) is 46.3 Å². The molecule has 3 N–H and O–H groups in total. The number of hydrogen-bond acceptors (Lipinski definition) is 10. The van der Waals surface area contributed by atoms with E-state index in [1.165, 1.54) is 6.42 Å². The van der Waals surface area contributed by atoms with Gasteiger partial charge in [-0.15, -0.1) is 0 Å². The molecule has 11 atom stereocenters. The van der Waals surface area contributed by atoms with Crippen molar-refractivity contribution in [2.24, 2.45) is 46.3 Å². The first kappa shape index (κ1) is 39.6. The minimum absolute atomic E-state index is 0.0909. The van der Waals surface area contributed by atoms with Crippen LogP contribution in [0.5, 0.6) is 5.75 Å². The Morgan fingerprint density at radius 1 is 1.02 bits per heavy atom. The van der Waals surface area contributed by atoms with Crippen LogP contribution in [0.3, 0.4) is 0 Å². The molecule has 4 fully saturated rings. The molecule has 11 heteroatoms. The van der Waals surface area contributed by atoms with Crippen molar-refractivity contribution >= 4 is 22.8 Å². The fraction of sp³-hybridized carbons (Fsp3) is 0.660. The highest BCUT2D eigenvalue weighted by molar-refractivity contribution is 5.87. The highest BCUT2D eigenvalue weighted by Crippen LogP contribution is 2.68. The normalized spacial score (nSPS) is 35.2. The van der Waals surface area contributed by atoms with E-state index in [-0.39, 0.29) is 54.2 Å². The molecule has 0 spiro atoms. The van der Waals surface area contributed by atoms with Crippen LogP contribution in [0.15, 0.2) is 35.1 Å². The summed E-state index contributed by atoms with van der Waals surface area (Å²) in [6.45, 7) is 9.78. The van der Waals surface area contributed by atoms with Gasteiger partial charge in [0.25, 0.3) is 5.56 Å². The van der Waals surface area contributed by atoms with Gasteiger partial charge in [-0.25, -0.2) is 9.78 Å². The molecule has 4 heterocycles. The molecule has 6 aliphatic rings. The summed E-state index contributed by atoms with van der Waals surface area (Å²) in [5.41, 5.74) is 1.67. The molecule has 0 radical (unpaired) electrons. The van der Waals surface area contributed by atoms with Crippen LogP contribution in [-0.2, 0) is 37.8 Å². The number of benzene rings is 1. The van der Waals surface area contributed by atoms with E-state index >= 15 is 0 Å². The SMILES string of the molecule is CC[C@@]1(O)C(=O)OCc2c1cc1n(c2=O)Cc2cc3cc(OCCCOC(=O)CC[C@@H](C)C4CCC5C6C(CCC54C)C4(C)CCC(O)CC4C[C@@H]6O)ccc3nc2-1. The number of aliphatic hydroxyl groups is 3. The van der Waals surface area contributed by atoms with Crippen molar-refractivity contribution in [3.05, 3.63) is 57.4 Å². The molecule has 1 aromatic carbocycles. The van der Waals surface area contributed by atoms with Gasteiger partial charge in [0.1, 0.15) is 12.4 Å². The molecule has 4 saturated carbocycles. The molecule has 2 aliphatic heterocycles. The molecule has 0 saturated heterocycles. The summed E-state index contributed by atoms with van der Waals surface area (Å²) in [6.07, 6.45) is 9.69. The van der Waals surface area contributed by atoms with E-state index in [4.69, 9.17) is 19.2 Å². The smallest absolute Gasteiger partial charge is 0.343 e. The van der Waals surface area contributed by atoms with Gasteiger partial charge < -0.3 is 34.1 Å². The molecule has 4 aliphatic carbocycles. The highest BCUT2D eigenvalue weighted by Gasteiger charge is 2.63. The lowest BCUT2D eigenvalue weighted by molar-refractivity contribution is -0.174. The molecule has 11 nitrogen and oxygen atoms in total. The quantitative estimate of drug-likeness (QED) is 0.115. The lowest BCUT2D eigenvalue weighted by Gasteiger charge is -2.62. The van der Waals surface area contributed by atoms with Gasteiger partial charge in [-0.2, -0.15) is 0 Å². The number of esters is 2. The Morgan fingerprint density at radius 2 is 1.81 bits per heavy atom. The number of nitrogens with zero attached hydrogens (tertiary/aromatic N) is 2. The van der Waals surface area contributed by atoms with Crippen LogP contribution < -0.4 is 10.3 Å². The van der Waals surface area contributed by atoms with Crippen molar-refractivity contribution in [2.75, 3.05) is 13.2 Å². The Balaban J connectivity index is 0.756. The third-order valence-electron chi connectivity index (χ3n) is 16.5. The number of rotatable bonds is 10. The van der Waals surface area contributed by atoms with Crippen LogP contribution in [0.2, 0.25) is 0 Å². The van der Waals surface area contributed by atoms with E-state index in [0.29, 0.717) is 89.8 Å². The molecule has 3 aromatic rings. The molecule has 8 unspecified atom stereocenters. The average molecular weight is 797 g/mol. The lowest BCUT2D eigenvalue weighted by atomic mass is 9.43. The van der Waals surface area contributed by atoms with Crippen molar-refractivity contribution < 1.29 is 39.1 Å². The summed E-state index contributed by atoms with van der Waals surface area (Å²) in [4.78, 5) is 43.7. The number of cyclic esters (lactones) is 1. The Bertz CT molecular complexity index is 2180. The number of pyridine rings is 2. The van der Waals surface area contributed by atoms with E-state index in [0.717, 1.165) is 67.8 Å². The maximum absolute atomic E-state index is 13.5. The number of hydrogen-bond donors (Lipinski definition) is 3. The Labute approximate surface area is 340 Å². The van der Waals surface area contributed by atoms with Crippen molar-refractivity contribution in [3.63, 3.8) is 0 Å². The summed E-state index contributed by atoms with van der Waals surface area (Å²) in [6, 6.07) is 9.36. The molecule has 58 heavy (non-hydrogen) atoms. The van der Waals surface area contributed by atoms with Gasteiger partial charge in [-0.1, -0.05) is 27.7 Å². The van der Waals surface area contributed by atoms with E-state index in [1.54, 1.807) is 17.6 Å². The zero-order valence-corrected chi connectivity index (χ0v) is 34.5. The second kappa shape index (κ2) is 14.7. The van der Waals surface area contributed by atoms with E-state index in [9.17, 15) is 29.7 Å². The van der Waals surface area contributed by atoms with Crippen molar-refractivity contribution in [2.45, 2.75) is 136 Å². The Kier molecular flexibility index (Phi) is 10.1. The Morgan fingerprint density at radius 3 is 2.62 bits per heavy atom. The molecule has 312 valence electrons. The minimum Gasteiger partial charge on any atom is -0.493 e. The zero-order valence-electron chi connectivity index (χ0n) is 34.5. The van der Waals surface area contributed by atoms with Crippen LogP contribution in [0.1, 0.15) is 121 Å².